The molecule has 0 aromatic heterocycles. The highest BCUT2D eigenvalue weighted by molar-refractivity contribution is 7.98. The molecule has 1 aliphatic rings. The number of thioether (sulfide) groups is 1. The van der Waals surface area contributed by atoms with E-state index < -0.39 is 0 Å². The first kappa shape index (κ1) is 13.6. The van der Waals surface area contributed by atoms with E-state index in [0.29, 0.717) is 6.04 Å². The third-order valence-corrected chi connectivity index (χ3v) is 4.90. The van der Waals surface area contributed by atoms with Crippen molar-refractivity contribution in [3.63, 3.8) is 0 Å². The Morgan fingerprint density at radius 2 is 1.85 bits per heavy atom. The van der Waals surface area contributed by atoms with Crippen LogP contribution in [0.3, 0.4) is 0 Å². The van der Waals surface area contributed by atoms with Crippen LogP contribution in [-0.2, 0) is 12.8 Å². The van der Waals surface area contributed by atoms with E-state index in [0.717, 1.165) is 0 Å². The Hall–Kier alpha value is -1.41. The second-order valence-corrected chi connectivity index (χ2v) is 6.30. The minimum atomic E-state index is 0.342. The number of hydrogen-bond donors (Lipinski definition) is 1. The Balaban J connectivity index is 1.81. The second kappa shape index (κ2) is 5.92. The van der Waals surface area contributed by atoms with Gasteiger partial charge in [-0.25, -0.2) is 0 Å². The summed E-state index contributed by atoms with van der Waals surface area (Å²) in [6.45, 7) is 2.24. The van der Waals surface area contributed by atoms with Crippen LogP contribution in [0.1, 0.15) is 36.1 Å². The summed E-state index contributed by atoms with van der Waals surface area (Å²) < 4.78 is 0. The van der Waals surface area contributed by atoms with E-state index in [-0.39, 0.29) is 0 Å². The Labute approximate surface area is 125 Å². The predicted molar refractivity (Wildman–Crippen MR) is 88.7 cm³/mol. The van der Waals surface area contributed by atoms with Crippen LogP contribution < -0.4 is 5.32 Å². The molecule has 0 heterocycles. The predicted octanol–water partition coefficient (Wildman–Crippen LogP) is 5.07. The van der Waals surface area contributed by atoms with Crippen molar-refractivity contribution in [2.24, 2.45) is 0 Å². The van der Waals surface area contributed by atoms with Crippen molar-refractivity contribution in [1.29, 1.82) is 0 Å². The zero-order chi connectivity index (χ0) is 13.9. The van der Waals surface area contributed by atoms with Crippen molar-refractivity contribution in [3.8, 4) is 0 Å². The molecule has 1 aliphatic carbocycles. The quantitative estimate of drug-likeness (QED) is 0.786. The van der Waals surface area contributed by atoms with Gasteiger partial charge in [0.1, 0.15) is 0 Å². The van der Waals surface area contributed by atoms with E-state index in [1.165, 1.54) is 35.4 Å². The number of para-hydroxylation sites is 1. The lowest BCUT2D eigenvalue weighted by Crippen LogP contribution is -2.07. The van der Waals surface area contributed by atoms with Gasteiger partial charge in [0.2, 0.25) is 0 Å². The zero-order valence-corrected chi connectivity index (χ0v) is 13.0. The lowest BCUT2D eigenvalue weighted by molar-refractivity contribution is 0.874. The van der Waals surface area contributed by atoms with Gasteiger partial charge in [-0.3, -0.25) is 0 Å². The molecule has 0 fully saturated rings. The molecule has 2 aromatic carbocycles. The topological polar surface area (TPSA) is 12.0 Å². The molecule has 3 rings (SSSR count). The largest absolute Gasteiger partial charge is 0.378 e. The van der Waals surface area contributed by atoms with Crippen molar-refractivity contribution >= 4 is 17.4 Å². The maximum absolute atomic E-state index is 3.65. The van der Waals surface area contributed by atoms with Gasteiger partial charge in [0, 0.05) is 16.6 Å². The molecule has 20 heavy (non-hydrogen) atoms. The number of fused-ring (bicyclic) bond motifs is 1. The van der Waals surface area contributed by atoms with Crippen LogP contribution in [0.15, 0.2) is 47.4 Å². The SMILES string of the molecule is CSc1ccccc1NC(C)c1ccc2c(c1)CCC2. The molecule has 1 nitrogen and oxygen atoms in total. The average Bonchev–Trinajstić information content (AvgIpc) is 2.95. The molecule has 0 saturated heterocycles. The summed E-state index contributed by atoms with van der Waals surface area (Å²) in [5.74, 6) is 0. The average molecular weight is 283 g/mol. The first-order valence-electron chi connectivity index (χ1n) is 7.29. The van der Waals surface area contributed by atoms with Gasteiger partial charge in [0.25, 0.3) is 0 Å². The highest BCUT2D eigenvalue weighted by Gasteiger charge is 2.14. The molecule has 2 heteroatoms. The van der Waals surface area contributed by atoms with Crippen LogP contribution in [0.4, 0.5) is 5.69 Å². The summed E-state index contributed by atoms with van der Waals surface area (Å²) in [4.78, 5) is 1.31. The van der Waals surface area contributed by atoms with Gasteiger partial charge in [-0.05, 0) is 61.3 Å². The van der Waals surface area contributed by atoms with Gasteiger partial charge >= 0.3 is 0 Å². The smallest absolute Gasteiger partial charge is 0.0486 e. The van der Waals surface area contributed by atoms with E-state index in [1.54, 1.807) is 22.9 Å². The van der Waals surface area contributed by atoms with Crippen LogP contribution in [-0.4, -0.2) is 6.26 Å². The molecule has 0 amide bonds. The Kier molecular flexibility index (Phi) is 4.02. The minimum Gasteiger partial charge on any atom is -0.378 e. The molecule has 1 unspecified atom stereocenters. The molecular formula is C18H21NS. The Bertz CT molecular complexity index is 606. The third kappa shape index (κ3) is 2.71. The summed E-state index contributed by atoms with van der Waals surface area (Å²) in [5, 5.41) is 3.65. The molecule has 0 spiro atoms. The fraction of sp³-hybridized carbons (Fsp3) is 0.333. The highest BCUT2D eigenvalue weighted by atomic mass is 32.2. The first-order valence-corrected chi connectivity index (χ1v) is 8.51. The number of hydrogen-bond acceptors (Lipinski definition) is 2. The molecular weight excluding hydrogens is 262 g/mol. The third-order valence-electron chi connectivity index (χ3n) is 4.10. The normalized spacial score (nSPS) is 14.9. The zero-order valence-electron chi connectivity index (χ0n) is 12.1. The van der Waals surface area contributed by atoms with Crippen LogP contribution in [0.25, 0.3) is 0 Å². The monoisotopic (exact) mass is 283 g/mol. The minimum absolute atomic E-state index is 0.342. The standard InChI is InChI=1S/C18H21NS/c1-13(19-17-8-3-4-9-18(17)20-2)15-11-10-14-6-5-7-16(14)12-15/h3-4,8-13,19H,5-7H2,1-2H3. The molecule has 2 aromatic rings. The number of anilines is 1. The van der Waals surface area contributed by atoms with E-state index >= 15 is 0 Å². The van der Waals surface area contributed by atoms with E-state index in [1.807, 2.05) is 0 Å². The van der Waals surface area contributed by atoms with Crippen molar-refractivity contribution in [2.45, 2.75) is 37.1 Å². The van der Waals surface area contributed by atoms with Crippen molar-refractivity contribution in [2.75, 3.05) is 11.6 Å². The summed E-state index contributed by atoms with van der Waals surface area (Å²) >= 11 is 1.79. The van der Waals surface area contributed by atoms with E-state index in [4.69, 9.17) is 0 Å². The highest BCUT2D eigenvalue weighted by Crippen LogP contribution is 2.30. The van der Waals surface area contributed by atoms with Crippen LogP contribution in [0, 0.1) is 0 Å². The Morgan fingerprint density at radius 1 is 1.05 bits per heavy atom. The van der Waals surface area contributed by atoms with E-state index in [2.05, 4.69) is 61.0 Å². The maximum atomic E-state index is 3.65. The van der Waals surface area contributed by atoms with Gasteiger partial charge in [-0.1, -0.05) is 30.3 Å². The molecule has 0 radical (unpaired) electrons. The fourth-order valence-electron chi connectivity index (χ4n) is 2.94. The Morgan fingerprint density at radius 3 is 2.70 bits per heavy atom. The summed E-state index contributed by atoms with van der Waals surface area (Å²) in [6, 6.07) is 15.8. The van der Waals surface area contributed by atoms with E-state index in [9.17, 15) is 0 Å². The van der Waals surface area contributed by atoms with Gasteiger partial charge in [-0.2, -0.15) is 0 Å². The van der Waals surface area contributed by atoms with Gasteiger partial charge in [-0.15, -0.1) is 11.8 Å². The summed E-state index contributed by atoms with van der Waals surface area (Å²) in [6.07, 6.45) is 5.94. The number of nitrogens with one attached hydrogen (secondary N) is 1. The fourth-order valence-corrected chi connectivity index (χ4v) is 3.50. The van der Waals surface area contributed by atoms with Crippen molar-refractivity contribution < 1.29 is 0 Å². The molecule has 104 valence electrons. The first-order chi connectivity index (χ1) is 9.78. The van der Waals surface area contributed by atoms with Crippen molar-refractivity contribution in [3.05, 3.63) is 59.2 Å². The molecule has 0 aliphatic heterocycles. The number of rotatable bonds is 4. The van der Waals surface area contributed by atoms with Crippen LogP contribution in [0.5, 0.6) is 0 Å². The second-order valence-electron chi connectivity index (χ2n) is 5.45. The van der Waals surface area contributed by atoms with Crippen molar-refractivity contribution in [1.82, 2.24) is 0 Å². The van der Waals surface area contributed by atoms with Crippen LogP contribution in [0.2, 0.25) is 0 Å². The number of benzene rings is 2. The van der Waals surface area contributed by atoms with Gasteiger partial charge in [0.15, 0.2) is 0 Å². The maximum Gasteiger partial charge on any atom is 0.0486 e. The lowest BCUT2D eigenvalue weighted by atomic mass is 10.0. The lowest BCUT2D eigenvalue weighted by Gasteiger charge is -2.18. The van der Waals surface area contributed by atoms with Crippen LogP contribution >= 0.6 is 11.8 Å². The molecule has 0 bridgehead atoms. The number of aryl methyl sites for hydroxylation is 2. The molecule has 1 N–H and O–H groups in total. The molecule has 0 saturated carbocycles. The van der Waals surface area contributed by atoms with Gasteiger partial charge < -0.3 is 5.32 Å². The van der Waals surface area contributed by atoms with Gasteiger partial charge in [0.05, 0.1) is 0 Å². The molecule has 1 atom stereocenters. The summed E-state index contributed by atoms with van der Waals surface area (Å²) in [5.41, 5.74) is 5.72. The summed E-state index contributed by atoms with van der Waals surface area (Å²) in [7, 11) is 0.